The lowest BCUT2D eigenvalue weighted by Gasteiger charge is -1.94. The fourth-order valence-corrected chi connectivity index (χ4v) is 1.37. The van der Waals surface area contributed by atoms with Crippen LogP contribution in [0.25, 0.3) is 12.2 Å². The molecule has 1 aromatic carbocycles. The van der Waals surface area contributed by atoms with Gasteiger partial charge in [0.2, 0.25) is 5.56 Å². The van der Waals surface area contributed by atoms with E-state index in [0.717, 1.165) is 11.1 Å². The number of pyridine rings is 1. The molecule has 0 fully saturated rings. The minimum absolute atomic E-state index is 0.151. The topological polar surface area (TPSA) is 32.9 Å². The van der Waals surface area contributed by atoms with Crippen LogP contribution in [-0.4, -0.2) is 4.98 Å². The van der Waals surface area contributed by atoms with Crippen molar-refractivity contribution < 1.29 is 4.39 Å². The molecule has 0 spiro atoms. The molecule has 1 heterocycles. The molecule has 1 N–H and O–H groups in total. The van der Waals surface area contributed by atoms with Crippen LogP contribution in [0.2, 0.25) is 0 Å². The van der Waals surface area contributed by atoms with Gasteiger partial charge >= 0.3 is 0 Å². The predicted octanol–water partition coefficient (Wildman–Crippen LogP) is 2.68. The highest BCUT2D eigenvalue weighted by atomic mass is 19.1. The molecule has 0 aliphatic heterocycles. The van der Waals surface area contributed by atoms with Crippen LogP contribution in [0.1, 0.15) is 11.1 Å². The average Bonchev–Trinajstić information content (AvgIpc) is 2.27. The van der Waals surface area contributed by atoms with Gasteiger partial charge in [0, 0.05) is 12.3 Å². The van der Waals surface area contributed by atoms with Crippen molar-refractivity contribution >= 4 is 12.2 Å². The summed E-state index contributed by atoms with van der Waals surface area (Å²) in [5, 5.41) is 0. The largest absolute Gasteiger partial charge is 0.329 e. The Morgan fingerprint density at radius 1 is 1.06 bits per heavy atom. The molecule has 3 heteroatoms. The minimum atomic E-state index is -0.270. The number of hydrogen-bond acceptors (Lipinski definition) is 1. The van der Waals surface area contributed by atoms with Gasteiger partial charge < -0.3 is 4.98 Å². The van der Waals surface area contributed by atoms with Crippen molar-refractivity contribution in [3.8, 4) is 0 Å². The molecule has 2 aromatic rings. The molecule has 0 bridgehead atoms. The van der Waals surface area contributed by atoms with Crippen molar-refractivity contribution in [1.82, 2.24) is 4.98 Å². The maximum atomic E-state index is 12.9. The first-order chi connectivity index (χ1) is 7.74. The zero-order valence-electron chi connectivity index (χ0n) is 8.48. The van der Waals surface area contributed by atoms with Gasteiger partial charge in [0.15, 0.2) is 0 Å². The highest BCUT2D eigenvalue weighted by molar-refractivity contribution is 5.69. The summed E-state index contributed by atoms with van der Waals surface area (Å²) < 4.78 is 12.9. The zero-order valence-corrected chi connectivity index (χ0v) is 8.48. The van der Waals surface area contributed by atoms with Crippen LogP contribution in [0.15, 0.2) is 47.4 Å². The van der Waals surface area contributed by atoms with E-state index in [1.807, 2.05) is 0 Å². The lowest BCUT2D eigenvalue weighted by atomic mass is 10.1. The fraction of sp³-hybridized carbons (Fsp3) is 0. The molecule has 0 amide bonds. The molecule has 0 unspecified atom stereocenters. The third kappa shape index (κ3) is 2.67. The molecule has 0 saturated carbocycles. The normalized spacial score (nSPS) is 10.8. The van der Waals surface area contributed by atoms with Crippen molar-refractivity contribution in [3.05, 3.63) is 69.9 Å². The van der Waals surface area contributed by atoms with Gasteiger partial charge in [0.05, 0.1) is 0 Å². The molecule has 0 radical (unpaired) electrons. The van der Waals surface area contributed by atoms with Crippen LogP contribution in [0.5, 0.6) is 0 Å². The van der Waals surface area contributed by atoms with E-state index in [1.165, 1.54) is 18.2 Å². The van der Waals surface area contributed by atoms with Crippen LogP contribution in [0.3, 0.4) is 0 Å². The van der Waals surface area contributed by atoms with E-state index in [9.17, 15) is 9.18 Å². The Morgan fingerprint density at radius 2 is 1.81 bits per heavy atom. The smallest absolute Gasteiger partial charge is 0.248 e. The molecule has 16 heavy (non-hydrogen) atoms. The Hall–Kier alpha value is -2.16. The van der Waals surface area contributed by atoms with Gasteiger partial charge in [0.25, 0.3) is 0 Å². The second kappa shape index (κ2) is 4.57. The van der Waals surface area contributed by atoms with Crippen LogP contribution < -0.4 is 5.56 Å². The maximum Gasteiger partial charge on any atom is 0.248 e. The van der Waals surface area contributed by atoms with E-state index < -0.39 is 0 Å². The minimum Gasteiger partial charge on any atom is -0.329 e. The number of aromatic amines is 1. The molecule has 0 saturated heterocycles. The summed E-state index contributed by atoms with van der Waals surface area (Å²) in [6.07, 6.45) is 5.11. The first kappa shape index (κ1) is 10.4. The van der Waals surface area contributed by atoms with Gasteiger partial charge in [-0.3, -0.25) is 4.79 Å². The fourth-order valence-electron chi connectivity index (χ4n) is 1.37. The van der Waals surface area contributed by atoms with E-state index >= 15 is 0 Å². The third-order valence-corrected chi connectivity index (χ3v) is 2.12. The summed E-state index contributed by atoms with van der Waals surface area (Å²) in [6, 6.07) is 9.53. The Labute approximate surface area is 92.1 Å². The predicted molar refractivity (Wildman–Crippen MR) is 62.4 cm³/mol. The Bertz CT molecular complexity index is 572. The molecule has 0 aliphatic carbocycles. The molecule has 2 rings (SSSR count). The summed E-state index contributed by atoms with van der Waals surface area (Å²) in [5.74, 6) is -0.270. The molecule has 1 aromatic heterocycles. The SMILES string of the molecule is O=c1cc(C=Cc2cccc(F)c2)cc[nH]1. The van der Waals surface area contributed by atoms with E-state index in [1.54, 1.807) is 36.5 Å². The number of rotatable bonds is 2. The number of nitrogens with one attached hydrogen (secondary N) is 1. The molecule has 0 aliphatic rings. The van der Waals surface area contributed by atoms with E-state index in [4.69, 9.17) is 0 Å². The van der Waals surface area contributed by atoms with Crippen LogP contribution in [0.4, 0.5) is 4.39 Å². The Morgan fingerprint density at radius 3 is 2.50 bits per heavy atom. The van der Waals surface area contributed by atoms with Crippen LogP contribution >= 0.6 is 0 Å². The van der Waals surface area contributed by atoms with Gasteiger partial charge in [-0.15, -0.1) is 0 Å². The summed E-state index contributed by atoms with van der Waals surface area (Å²) in [5.41, 5.74) is 1.40. The molecule has 0 atom stereocenters. The number of benzene rings is 1. The van der Waals surface area contributed by atoms with Crippen molar-refractivity contribution in [3.63, 3.8) is 0 Å². The van der Waals surface area contributed by atoms with Gasteiger partial charge in [-0.2, -0.15) is 0 Å². The zero-order chi connectivity index (χ0) is 11.4. The maximum absolute atomic E-state index is 12.9. The van der Waals surface area contributed by atoms with Gasteiger partial charge in [-0.25, -0.2) is 4.39 Å². The summed E-state index contributed by atoms with van der Waals surface area (Å²) in [7, 11) is 0. The highest BCUT2D eigenvalue weighted by Crippen LogP contribution is 2.08. The quantitative estimate of drug-likeness (QED) is 0.820. The monoisotopic (exact) mass is 215 g/mol. The second-order valence-electron chi connectivity index (χ2n) is 3.37. The standard InChI is InChI=1S/C13H10FNO/c14-12-3-1-2-10(8-12)4-5-11-6-7-15-13(16)9-11/h1-9H,(H,15,16). The third-order valence-electron chi connectivity index (χ3n) is 2.12. The number of halogens is 1. The molecule has 2 nitrogen and oxygen atoms in total. The second-order valence-corrected chi connectivity index (χ2v) is 3.37. The van der Waals surface area contributed by atoms with Gasteiger partial charge in [-0.05, 0) is 29.3 Å². The van der Waals surface area contributed by atoms with Crippen molar-refractivity contribution in [1.29, 1.82) is 0 Å². The summed E-state index contributed by atoms with van der Waals surface area (Å²) in [6.45, 7) is 0. The summed E-state index contributed by atoms with van der Waals surface area (Å²) >= 11 is 0. The van der Waals surface area contributed by atoms with Gasteiger partial charge in [0.1, 0.15) is 5.82 Å². The first-order valence-electron chi connectivity index (χ1n) is 4.86. The number of H-pyrrole nitrogens is 1. The van der Waals surface area contributed by atoms with Crippen LogP contribution in [-0.2, 0) is 0 Å². The molecular formula is C13H10FNO. The number of aromatic nitrogens is 1. The van der Waals surface area contributed by atoms with Gasteiger partial charge in [-0.1, -0.05) is 24.3 Å². The van der Waals surface area contributed by atoms with Crippen molar-refractivity contribution in [2.24, 2.45) is 0 Å². The van der Waals surface area contributed by atoms with E-state index in [2.05, 4.69) is 4.98 Å². The van der Waals surface area contributed by atoms with E-state index in [-0.39, 0.29) is 11.4 Å². The summed E-state index contributed by atoms with van der Waals surface area (Å²) in [4.78, 5) is 13.5. The lowest BCUT2D eigenvalue weighted by Crippen LogP contribution is -2.01. The van der Waals surface area contributed by atoms with Crippen molar-refractivity contribution in [2.45, 2.75) is 0 Å². The van der Waals surface area contributed by atoms with Crippen molar-refractivity contribution in [2.75, 3.05) is 0 Å². The highest BCUT2D eigenvalue weighted by Gasteiger charge is 1.91. The first-order valence-corrected chi connectivity index (χ1v) is 4.86. The Kier molecular flexibility index (Phi) is 2.96. The van der Waals surface area contributed by atoms with Crippen LogP contribution in [0, 0.1) is 5.82 Å². The molecule has 80 valence electrons. The average molecular weight is 215 g/mol. The molecular weight excluding hydrogens is 205 g/mol. The Balaban J connectivity index is 2.24. The number of hydrogen-bond donors (Lipinski definition) is 1. The van der Waals surface area contributed by atoms with E-state index in [0.29, 0.717) is 0 Å². The lowest BCUT2D eigenvalue weighted by molar-refractivity contribution is 0.627.